The molecule has 2 aliphatic carbocycles. The molecule has 4 nitrogen and oxygen atoms in total. The van der Waals surface area contributed by atoms with Crippen LogP contribution in [-0.2, 0) is 0 Å². The van der Waals surface area contributed by atoms with Gasteiger partial charge in [0.25, 0.3) is 0 Å². The molecule has 4 rings (SSSR count). The number of hydrogen-bond donors (Lipinski definition) is 0. The van der Waals surface area contributed by atoms with E-state index in [-0.39, 0.29) is 0 Å². The molecular formula is C18H28N4. The molecule has 1 aromatic heterocycles. The zero-order valence-electron chi connectivity index (χ0n) is 13.6. The lowest BCUT2D eigenvalue weighted by Gasteiger charge is -2.33. The van der Waals surface area contributed by atoms with Gasteiger partial charge in [-0.3, -0.25) is 4.90 Å². The van der Waals surface area contributed by atoms with Gasteiger partial charge in [0.2, 0.25) is 0 Å². The van der Waals surface area contributed by atoms with E-state index in [9.17, 15) is 0 Å². The fourth-order valence-corrected chi connectivity index (χ4v) is 4.11. The predicted molar refractivity (Wildman–Crippen MR) is 89.3 cm³/mol. The minimum Gasteiger partial charge on any atom is -0.355 e. The van der Waals surface area contributed by atoms with Crippen molar-refractivity contribution in [3.63, 3.8) is 0 Å². The quantitative estimate of drug-likeness (QED) is 0.858. The summed E-state index contributed by atoms with van der Waals surface area (Å²) >= 11 is 0. The first kappa shape index (κ1) is 14.4. The molecule has 1 aliphatic heterocycles. The highest BCUT2D eigenvalue weighted by Gasteiger charge is 2.27. The fraction of sp³-hybridized carbons (Fsp3) is 0.778. The maximum atomic E-state index is 4.55. The molecule has 0 spiro atoms. The minimum absolute atomic E-state index is 0.715. The maximum absolute atomic E-state index is 4.55. The summed E-state index contributed by atoms with van der Waals surface area (Å²) in [6.45, 7) is 4.73. The van der Waals surface area contributed by atoms with Gasteiger partial charge in [0.1, 0.15) is 12.1 Å². The highest BCUT2D eigenvalue weighted by atomic mass is 15.3. The first-order valence-electron chi connectivity index (χ1n) is 9.21. The monoisotopic (exact) mass is 300 g/mol. The summed E-state index contributed by atoms with van der Waals surface area (Å²) in [6, 6.07) is 3.09. The molecule has 0 unspecified atom stereocenters. The minimum atomic E-state index is 0.715. The number of hydrogen-bond acceptors (Lipinski definition) is 4. The second kappa shape index (κ2) is 6.53. The smallest absolute Gasteiger partial charge is 0.132 e. The molecule has 2 saturated carbocycles. The van der Waals surface area contributed by atoms with E-state index in [1.54, 1.807) is 6.33 Å². The lowest BCUT2D eigenvalue weighted by molar-refractivity contribution is 0.166. The van der Waals surface area contributed by atoms with Gasteiger partial charge in [-0.25, -0.2) is 9.97 Å². The van der Waals surface area contributed by atoms with Gasteiger partial charge in [0.15, 0.2) is 0 Å². The first-order valence-corrected chi connectivity index (χ1v) is 9.21. The summed E-state index contributed by atoms with van der Waals surface area (Å²) in [5, 5.41) is 0. The summed E-state index contributed by atoms with van der Waals surface area (Å²) in [5.74, 6) is 1.87. The SMILES string of the molecule is c1nc(C2CC2)cc(N2CCCN(C3CCCCC3)CC2)n1. The Labute approximate surface area is 133 Å². The van der Waals surface area contributed by atoms with Crippen LogP contribution in [0, 0.1) is 0 Å². The van der Waals surface area contributed by atoms with Crippen LogP contribution in [0.4, 0.5) is 5.82 Å². The van der Waals surface area contributed by atoms with Crippen LogP contribution in [0.25, 0.3) is 0 Å². The first-order chi connectivity index (χ1) is 10.9. The Hall–Kier alpha value is -1.16. The molecule has 0 aromatic carbocycles. The number of nitrogens with zero attached hydrogens (tertiary/aromatic N) is 4. The van der Waals surface area contributed by atoms with Crippen LogP contribution < -0.4 is 4.90 Å². The molecule has 2 heterocycles. The molecule has 0 amide bonds. The maximum Gasteiger partial charge on any atom is 0.132 e. The molecule has 0 atom stereocenters. The fourth-order valence-electron chi connectivity index (χ4n) is 4.11. The molecule has 0 bridgehead atoms. The van der Waals surface area contributed by atoms with Gasteiger partial charge >= 0.3 is 0 Å². The van der Waals surface area contributed by atoms with Crippen molar-refractivity contribution in [2.24, 2.45) is 0 Å². The highest BCUT2D eigenvalue weighted by molar-refractivity contribution is 5.40. The topological polar surface area (TPSA) is 32.3 Å². The third-order valence-electron chi connectivity index (χ3n) is 5.61. The predicted octanol–water partition coefficient (Wildman–Crippen LogP) is 3.20. The molecule has 120 valence electrons. The van der Waals surface area contributed by atoms with Gasteiger partial charge in [-0.1, -0.05) is 19.3 Å². The molecule has 3 fully saturated rings. The lowest BCUT2D eigenvalue weighted by Crippen LogP contribution is -2.39. The Kier molecular flexibility index (Phi) is 4.28. The zero-order valence-corrected chi connectivity index (χ0v) is 13.6. The van der Waals surface area contributed by atoms with Crippen molar-refractivity contribution in [3.05, 3.63) is 18.1 Å². The number of aromatic nitrogens is 2. The van der Waals surface area contributed by atoms with Crippen LogP contribution in [-0.4, -0.2) is 47.1 Å². The van der Waals surface area contributed by atoms with E-state index >= 15 is 0 Å². The molecule has 4 heteroatoms. The van der Waals surface area contributed by atoms with E-state index in [0.29, 0.717) is 5.92 Å². The van der Waals surface area contributed by atoms with Crippen molar-refractivity contribution in [2.75, 3.05) is 31.1 Å². The Morgan fingerprint density at radius 2 is 1.68 bits per heavy atom. The zero-order chi connectivity index (χ0) is 14.8. The second-order valence-corrected chi connectivity index (χ2v) is 7.24. The Morgan fingerprint density at radius 1 is 0.818 bits per heavy atom. The lowest BCUT2D eigenvalue weighted by atomic mass is 9.94. The Balaban J connectivity index is 1.40. The summed E-state index contributed by atoms with van der Waals surface area (Å²) in [5.41, 5.74) is 1.26. The van der Waals surface area contributed by atoms with Gasteiger partial charge in [-0.15, -0.1) is 0 Å². The standard InChI is InChI=1S/C18H28N4/c1-2-5-16(6-3-1)21-9-4-10-22(12-11-21)18-13-17(15-7-8-15)19-14-20-18/h13-16H,1-12H2. The van der Waals surface area contributed by atoms with Crippen LogP contribution in [0.15, 0.2) is 12.4 Å². The van der Waals surface area contributed by atoms with Gasteiger partial charge in [0.05, 0.1) is 0 Å². The van der Waals surface area contributed by atoms with Gasteiger partial charge < -0.3 is 4.90 Å². The third-order valence-corrected chi connectivity index (χ3v) is 5.61. The van der Waals surface area contributed by atoms with E-state index < -0.39 is 0 Å². The number of rotatable bonds is 3. The van der Waals surface area contributed by atoms with E-state index in [2.05, 4.69) is 25.8 Å². The third kappa shape index (κ3) is 3.27. The second-order valence-electron chi connectivity index (χ2n) is 7.24. The summed E-state index contributed by atoms with van der Waals surface area (Å²) < 4.78 is 0. The molecule has 0 radical (unpaired) electrons. The van der Waals surface area contributed by atoms with Crippen LogP contribution in [0.2, 0.25) is 0 Å². The van der Waals surface area contributed by atoms with Gasteiger partial charge in [-0.05, 0) is 32.1 Å². The van der Waals surface area contributed by atoms with E-state index in [0.717, 1.165) is 24.9 Å². The van der Waals surface area contributed by atoms with Crippen molar-refractivity contribution in [3.8, 4) is 0 Å². The van der Waals surface area contributed by atoms with Crippen molar-refractivity contribution < 1.29 is 0 Å². The Bertz CT molecular complexity index is 494. The number of anilines is 1. The summed E-state index contributed by atoms with van der Waals surface area (Å²) in [7, 11) is 0. The normalized spacial score (nSPS) is 25.2. The molecule has 22 heavy (non-hydrogen) atoms. The van der Waals surface area contributed by atoms with Gasteiger partial charge in [0, 0.05) is 49.9 Å². The van der Waals surface area contributed by atoms with Crippen molar-refractivity contribution >= 4 is 5.82 Å². The summed E-state index contributed by atoms with van der Waals surface area (Å²) in [6.07, 6.45) is 12.8. The van der Waals surface area contributed by atoms with Crippen LogP contribution >= 0.6 is 0 Å². The largest absolute Gasteiger partial charge is 0.355 e. The highest BCUT2D eigenvalue weighted by Crippen LogP contribution is 2.39. The van der Waals surface area contributed by atoms with E-state index in [1.807, 2.05) is 0 Å². The molecule has 1 saturated heterocycles. The van der Waals surface area contributed by atoms with E-state index in [1.165, 1.54) is 70.2 Å². The van der Waals surface area contributed by atoms with Crippen molar-refractivity contribution in [1.82, 2.24) is 14.9 Å². The van der Waals surface area contributed by atoms with Crippen molar-refractivity contribution in [1.29, 1.82) is 0 Å². The summed E-state index contributed by atoms with van der Waals surface area (Å²) in [4.78, 5) is 14.2. The average molecular weight is 300 g/mol. The molecule has 0 N–H and O–H groups in total. The molecular weight excluding hydrogens is 272 g/mol. The van der Waals surface area contributed by atoms with Crippen molar-refractivity contribution in [2.45, 2.75) is 63.3 Å². The van der Waals surface area contributed by atoms with Gasteiger partial charge in [-0.2, -0.15) is 0 Å². The average Bonchev–Trinajstić information content (AvgIpc) is 3.42. The Morgan fingerprint density at radius 3 is 2.50 bits per heavy atom. The molecule has 1 aromatic rings. The van der Waals surface area contributed by atoms with Crippen LogP contribution in [0.1, 0.15) is 63.0 Å². The van der Waals surface area contributed by atoms with Crippen LogP contribution in [0.3, 0.4) is 0 Å². The molecule has 3 aliphatic rings. The van der Waals surface area contributed by atoms with Crippen LogP contribution in [0.5, 0.6) is 0 Å². The van der Waals surface area contributed by atoms with E-state index in [4.69, 9.17) is 0 Å².